The summed E-state index contributed by atoms with van der Waals surface area (Å²) < 4.78 is 44.0. The number of nitrogens with zero attached hydrogens (tertiary/aromatic N) is 2. The highest BCUT2D eigenvalue weighted by Gasteiger charge is 2.37. The van der Waals surface area contributed by atoms with Gasteiger partial charge in [0.05, 0.1) is 11.8 Å². The second-order valence-electron chi connectivity index (χ2n) is 7.36. The van der Waals surface area contributed by atoms with Crippen molar-refractivity contribution in [2.75, 3.05) is 10.6 Å². The number of oxazole rings is 1. The number of carbonyl (C=O) groups is 1. The first-order valence-corrected chi connectivity index (χ1v) is 9.63. The van der Waals surface area contributed by atoms with Crippen LogP contribution in [0, 0.1) is 0 Å². The van der Waals surface area contributed by atoms with Crippen LogP contribution in [0.3, 0.4) is 0 Å². The van der Waals surface area contributed by atoms with Gasteiger partial charge in [-0.3, -0.25) is 5.32 Å². The molecule has 31 heavy (non-hydrogen) atoms. The van der Waals surface area contributed by atoms with Crippen molar-refractivity contribution in [1.82, 2.24) is 9.97 Å². The van der Waals surface area contributed by atoms with Gasteiger partial charge in [-0.2, -0.15) is 13.2 Å². The standard InChI is InChI=1S/C21H19F3N4O3/c22-21(23,24)14-4-3-5-15(10-14)27-19(29)28-17-7-6-13(11-25-17)16-12-26-18(31-16)20(30)8-1-2-9-20/h3-7,10-12,30H,1-2,8-9H2,(H2,25,27,28,29). The monoisotopic (exact) mass is 432 g/mol. The van der Waals surface area contributed by atoms with E-state index in [9.17, 15) is 23.1 Å². The van der Waals surface area contributed by atoms with Crippen LogP contribution in [-0.2, 0) is 11.8 Å². The molecule has 0 bridgehead atoms. The number of benzene rings is 1. The van der Waals surface area contributed by atoms with E-state index in [0.717, 1.165) is 25.0 Å². The van der Waals surface area contributed by atoms with Gasteiger partial charge < -0.3 is 14.8 Å². The zero-order valence-electron chi connectivity index (χ0n) is 16.2. The van der Waals surface area contributed by atoms with Gasteiger partial charge >= 0.3 is 12.2 Å². The summed E-state index contributed by atoms with van der Waals surface area (Å²) in [5.74, 6) is 0.910. The van der Waals surface area contributed by atoms with Crippen LogP contribution in [0.5, 0.6) is 0 Å². The molecule has 0 atom stereocenters. The number of hydrogen-bond donors (Lipinski definition) is 3. The molecule has 1 fully saturated rings. The van der Waals surface area contributed by atoms with Gasteiger partial charge in [-0.1, -0.05) is 6.07 Å². The van der Waals surface area contributed by atoms with E-state index in [1.165, 1.54) is 30.6 Å². The van der Waals surface area contributed by atoms with Crippen LogP contribution in [0.1, 0.15) is 37.1 Å². The number of carbonyl (C=O) groups excluding carboxylic acids is 1. The Balaban J connectivity index is 1.40. The quantitative estimate of drug-likeness (QED) is 0.529. The predicted octanol–water partition coefficient (Wildman–Crippen LogP) is 5.16. The molecule has 0 spiro atoms. The molecule has 0 radical (unpaired) electrons. The van der Waals surface area contributed by atoms with Crippen molar-refractivity contribution in [3.05, 3.63) is 60.2 Å². The SMILES string of the molecule is O=C(Nc1cccc(C(F)(F)F)c1)Nc1ccc(-c2cnc(C3(O)CCCC3)o2)cn1. The first-order chi connectivity index (χ1) is 14.7. The van der Waals surface area contributed by atoms with Gasteiger partial charge in [-0.15, -0.1) is 0 Å². The van der Waals surface area contributed by atoms with Crippen molar-refractivity contribution in [2.45, 2.75) is 37.5 Å². The lowest BCUT2D eigenvalue weighted by Gasteiger charge is -2.16. The molecular weight excluding hydrogens is 413 g/mol. The fourth-order valence-electron chi connectivity index (χ4n) is 3.46. The molecule has 7 nitrogen and oxygen atoms in total. The summed E-state index contributed by atoms with van der Waals surface area (Å²) in [5, 5.41) is 15.4. The number of nitrogens with one attached hydrogen (secondary N) is 2. The van der Waals surface area contributed by atoms with E-state index >= 15 is 0 Å². The van der Waals surface area contributed by atoms with Gasteiger partial charge in [-0.05, 0) is 56.0 Å². The van der Waals surface area contributed by atoms with Gasteiger partial charge in [0.25, 0.3) is 0 Å². The number of pyridine rings is 1. The molecule has 0 aliphatic heterocycles. The number of halogens is 3. The molecule has 2 amide bonds. The lowest BCUT2D eigenvalue weighted by atomic mass is 10.0. The third-order valence-electron chi connectivity index (χ3n) is 5.07. The fourth-order valence-corrected chi connectivity index (χ4v) is 3.46. The smallest absolute Gasteiger partial charge is 0.416 e. The molecule has 4 rings (SSSR count). The van der Waals surface area contributed by atoms with Crippen LogP contribution in [0.15, 0.2) is 53.2 Å². The predicted molar refractivity (Wildman–Crippen MR) is 106 cm³/mol. The number of aliphatic hydroxyl groups is 1. The number of aromatic nitrogens is 2. The third-order valence-corrected chi connectivity index (χ3v) is 5.07. The largest absolute Gasteiger partial charge is 0.437 e. The number of urea groups is 1. The van der Waals surface area contributed by atoms with E-state index in [1.54, 1.807) is 6.07 Å². The molecule has 1 aliphatic carbocycles. The maximum Gasteiger partial charge on any atom is 0.416 e. The van der Waals surface area contributed by atoms with Crippen LogP contribution in [-0.4, -0.2) is 21.1 Å². The average Bonchev–Trinajstić information content (AvgIpc) is 3.38. The number of hydrogen-bond acceptors (Lipinski definition) is 5. The summed E-state index contributed by atoms with van der Waals surface area (Å²) in [6, 6.07) is 6.76. The van der Waals surface area contributed by atoms with Crippen molar-refractivity contribution >= 4 is 17.5 Å². The average molecular weight is 432 g/mol. The minimum atomic E-state index is -4.50. The van der Waals surface area contributed by atoms with E-state index in [2.05, 4.69) is 20.6 Å². The van der Waals surface area contributed by atoms with Crippen molar-refractivity contribution in [2.24, 2.45) is 0 Å². The molecule has 2 aromatic heterocycles. The number of alkyl halides is 3. The number of anilines is 2. The van der Waals surface area contributed by atoms with Gasteiger partial charge in [0.15, 0.2) is 5.76 Å². The molecule has 1 aromatic carbocycles. The minimum absolute atomic E-state index is 0.00276. The van der Waals surface area contributed by atoms with Crippen LogP contribution < -0.4 is 10.6 Å². The van der Waals surface area contributed by atoms with Gasteiger partial charge in [0.1, 0.15) is 11.4 Å². The first kappa shape index (κ1) is 20.9. The van der Waals surface area contributed by atoms with E-state index in [4.69, 9.17) is 4.42 Å². The highest BCUT2D eigenvalue weighted by atomic mass is 19.4. The minimum Gasteiger partial charge on any atom is -0.437 e. The van der Waals surface area contributed by atoms with Gasteiger partial charge in [-0.25, -0.2) is 14.8 Å². The number of rotatable bonds is 4. The topological polar surface area (TPSA) is 100 Å². The molecule has 3 N–H and O–H groups in total. The van der Waals surface area contributed by atoms with Crippen molar-refractivity contribution in [1.29, 1.82) is 0 Å². The Labute approximate surface area is 175 Å². The second kappa shape index (κ2) is 8.03. The van der Waals surface area contributed by atoms with Crippen LogP contribution in [0.25, 0.3) is 11.3 Å². The highest BCUT2D eigenvalue weighted by molar-refractivity contribution is 5.99. The Morgan fingerprint density at radius 1 is 1.06 bits per heavy atom. The molecule has 1 saturated carbocycles. The van der Waals surface area contributed by atoms with Crippen molar-refractivity contribution < 1.29 is 27.5 Å². The zero-order chi connectivity index (χ0) is 22.1. The molecule has 3 aromatic rings. The van der Waals surface area contributed by atoms with Crippen molar-refractivity contribution in [3.63, 3.8) is 0 Å². The summed E-state index contributed by atoms with van der Waals surface area (Å²) in [4.78, 5) is 20.4. The summed E-state index contributed by atoms with van der Waals surface area (Å²) in [5.41, 5.74) is -1.29. The maximum absolute atomic E-state index is 12.8. The Morgan fingerprint density at radius 2 is 1.84 bits per heavy atom. The summed E-state index contributed by atoms with van der Waals surface area (Å²) in [6.07, 6.45) is 1.51. The van der Waals surface area contributed by atoms with E-state index in [-0.39, 0.29) is 17.4 Å². The Hall–Kier alpha value is -3.40. The summed E-state index contributed by atoms with van der Waals surface area (Å²) in [7, 11) is 0. The van der Waals surface area contributed by atoms with E-state index in [0.29, 0.717) is 24.2 Å². The Bertz CT molecular complexity index is 1070. The molecule has 2 heterocycles. The summed E-state index contributed by atoms with van der Waals surface area (Å²) in [6.45, 7) is 0. The number of amides is 2. The molecule has 0 saturated heterocycles. The van der Waals surface area contributed by atoms with Gasteiger partial charge in [0, 0.05) is 17.4 Å². The van der Waals surface area contributed by atoms with Crippen molar-refractivity contribution in [3.8, 4) is 11.3 Å². The normalized spacial score (nSPS) is 15.6. The van der Waals surface area contributed by atoms with Crippen LogP contribution >= 0.6 is 0 Å². The Morgan fingerprint density at radius 3 is 2.52 bits per heavy atom. The molecule has 10 heteroatoms. The molecule has 1 aliphatic rings. The first-order valence-electron chi connectivity index (χ1n) is 9.63. The van der Waals surface area contributed by atoms with E-state index < -0.39 is 23.4 Å². The van der Waals surface area contributed by atoms with Gasteiger partial charge in [0.2, 0.25) is 5.89 Å². The van der Waals surface area contributed by atoms with E-state index in [1.807, 2.05) is 0 Å². The van der Waals surface area contributed by atoms with Crippen LogP contribution in [0.4, 0.5) is 29.5 Å². The highest BCUT2D eigenvalue weighted by Crippen LogP contribution is 2.39. The fraction of sp³-hybridized carbons (Fsp3) is 0.286. The lowest BCUT2D eigenvalue weighted by Crippen LogP contribution is -2.21. The zero-order valence-corrected chi connectivity index (χ0v) is 16.2. The molecule has 0 unspecified atom stereocenters. The van der Waals surface area contributed by atoms with Crippen LogP contribution in [0.2, 0.25) is 0 Å². The maximum atomic E-state index is 12.8. The molecule has 162 valence electrons. The molecular formula is C21H19F3N4O3. The summed E-state index contributed by atoms with van der Waals surface area (Å²) >= 11 is 0. The third kappa shape index (κ3) is 4.69. The Kier molecular flexibility index (Phi) is 5.40. The lowest BCUT2D eigenvalue weighted by molar-refractivity contribution is -0.137. The second-order valence-corrected chi connectivity index (χ2v) is 7.36.